The number of hydrogen-bond donors (Lipinski definition) is 4. The highest BCUT2D eigenvalue weighted by molar-refractivity contribution is 5.82. The molecule has 0 spiro atoms. The highest BCUT2D eigenvalue weighted by atomic mass is 16.6. The monoisotopic (exact) mass is 367 g/mol. The summed E-state index contributed by atoms with van der Waals surface area (Å²) in [5, 5.41) is 29.4. The van der Waals surface area contributed by atoms with Crippen LogP contribution in [-0.2, 0) is 4.74 Å². The third-order valence-corrected chi connectivity index (χ3v) is 4.38. The Morgan fingerprint density at radius 3 is 2.73 bits per heavy atom. The van der Waals surface area contributed by atoms with Crippen LogP contribution >= 0.6 is 0 Å². The molecule has 144 valence electrons. The maximum absolute atomic E-state index is 10.2. The first-order valence-corrected chi connectivity index (χ1v) is 8.67. The van der Waals surface area contributed by atoms with E-state index < -0.39 is 31.1 Å². The second kappa shape index (κ2) is 7.70. The van der Waals surface area contributed by atoms with Crippen LogP contribution in [0, 0.1) is 5.92 Å². The second-order valence-electron chi connectivity index (χ2n) is 6.83. The lowest BCUT2D eigenvalue weighted by Gasteiger charge is -2.16. The Kier molecular flexibility index (Phi) is 5.56. The normalized spacial score (nSPS) is 26.1. The van der Waals surface area contributed by atoms with Crippen LogP contribution in [0.3, 0.4) is 0 Å². The van der Waals surface area contributed by atoms with Gasteiger partial charge >= 0.3 is 6.01 Å². The molecule has 0 saturated carbocycles. The maximum atomic E-state index is 10.2. The van der Waals surface area contributed by atoms with E-state index in [0.29, 0.717) is 23.7 Å². The molecule has 1 aliphatic rings. The van der Waals surface area contributed by atoms with Crippen molar-refractivity contribution in [3.8, 4) is 6.01 Å². The zero-order valence-corrected chi connectivity index (χ0v) is 14.8. The van der Waals surface area contributed by atoms with Gasteiger partial charge < -0.3 is 30.5 Å². The predicted molar refractivity (Wildman–Crippen MR) is 92.3 cm³/mol. The molecular weight excluding hydrogens is 342 g/mol. The minimum Gasteiger partial charge on any atom is -0.463 e. The molecule has 0 aromatic carbocycles. The number of nitrogens with zero attached hydrogens (tertiary/aromatic N) is 4. The predicted octanol–water partition coefficient (Wildman–Crippen LogP) is -0.165. The van der Waals surface area contributed by atoms with Crippen LogP contribution in [0.1, 0.15) is 32.9 Å². The summed E-state index contributed by atoms with van der Waals surface area (Å²) in [6.45, 7) is 4.33. The zero-order valence-electron chi connectivity index (χ0n) is 14.8. The third kappa shape index (κ3) is 3.58. The SMILES string of the molecule is CC(C)CCCOc1nc(N)c2ncn([C@@H]3O[C@H](CO)[C@@H](O)[C@H]3O)c2n1. The number of nitrogen functional groups attached to an aromatic ring is 1. The molecule has 1 saturated heterocycles. The molecule has 2 aromatic heterocycles. The van der Waals surface area contributed by atoms with Crippen LogP contribution in [0.15, 0.2) is 6.33 Å². The molecule has 0 unspecified atom stereocenters. The van der Waals surface area contributed by atoms with Gasteiger partial charge in [-0.15, -0.1) is 0 Å². The summed E-state index contributed by atoms with van der Waals surface area (Å²) in [5.41, 5.74) is 6.61. The van der Waals surface area contributed by atoms with E-state index in [-0.39, 0.29) is 11.8 Å². The lowest BCUT2D eigenvalue weighted by molar-refractivity contribution is -0.0511. The Hall–Kier alpha value is -2.01. The van der Waals surface area contributed by atoms with Crippen LogP contribution in [0.25, 0.3) is 11.2 Å². The van der Waals surface area contributed by atoms with Gasteiger partial charge in [-0.05, 0) is 18.8 Å². The van der Waals surface area contributed by atoms with Crippen molar-refractivity contribution in [1.82, 2.24) is 19.5 Å². The molecule has 4 atom stereocenters. The minimum absolute atomic E-state index is 0.118. The van der Waals surface area contributed by atoms with Gasteiger partial charge in [-0.1, -0.05) is 13.8 Å². The largest absolute Gasteiger partial charge is 0.463 e. The van der Waals surface area contributed by atoms with E-state index in [4.69, 9.17) is 15.2 Å². The Balaban J connectivity index is 1.83. The summed E-state index contributed by atoms with van der Waals surface area (Å²) in [6, 6.07) is 0.118. The number of aromatic nitrogens is 4. The molecule has 2 aromatic rings. The van der Waals surface area contributed by atoms with E-state index in [1.165, 1.54) is 10.9 Å². The fourth-order valence-electron chi connectivity index (χ4n) is 2.93. The number of aliphatic hydroxyl groups excluding tert-OH is 3. The van der Waals surface area contributed by atoms with Gasteiger partial charge in [-0.2, -0.15) is 9.97 Å². The van der Waals surface area contributed by atoms with Gasteiger partial charge in [0.05, 0.1) is 19.5 Å². The van der Waals surface area contributed by atoms with Crippen molar-refractivity contribution in [3.05, 3.63) is 6.33 Å². The molecule has 10 heteroatoms. The van der Waals surface area contributed by atoms with Crippen LogP contribution in [0.2, 0.25) is 0 Å². The average molecular weight is 367 g/mol. The second-order valence-corrected chi connectivity index (χ2v) is 6.83. The molecule has 0 radical (unpaired) electrons. The highest BCUT2D eigenvalue weighted by Crippen LogP contribution is 2.32. The van der Waals surface area contributed by atoms with Crippen LogP contribution in [0.5, 0.6) is 6.01 Å². The van der Waals surface area contributed by atoms with Crippen molar-refractivity contribution in [3.63, 3.8) is 0 Å². The number of hydrogen-bond acceptors (Lipinski definition) is 9. The first-order chi connectivity index (χ1) is 12.4. The Labute approximate surface area is 150 Å². The Bertz CT molecular complexity index is 752. The first-order valence-electron chi connectivity index (χ1n) is 8.67. The maximum Gasteiger partial charge on any atom is 0.320 e. The van der Waals surface area contributed by atoms with Crippen LogP contribution in [-0.4, -0.2) is 66.4 Å². The van der Waals surface area contributed by atoms with Crippen molar-refractivity contribution >= 4 is 17.0 Å². The highest BCUT2D eigenvalue weighted by Gasteiger charge is 2.44. The summed E-state index contributed by atoms with van der Waals surface area (Å²) < 4.78 is 12.6. The smallest absolute Gasteiger partial charge is 0.320 e. The number of anilines is 1. The number of fused-ring (bicyclic) bond motifs is 1. The van der Waals surface area contributed by atoms with Gasteiger partial charge in [-0.25, -0.2) is 4.98 Å². The third-order valence-electron chi connectivity index (χ3n) is 4.38. The first kappa shape index (κ1) is 18.8. The van der Waals surface area contributed by atoms with Crippen molar-refractivity contribution < 1.29 is 24.8 Å². The van der Waals surface area contributed by atoms with E-state index in [1.807, 2.05) is 0 Å². The quantitative estimate of drug-likeness (QED) is 0.489. The number of aliphatic hydroxyl groups is 3. The van der Waals surface area contributed by atoms with Gasteiger partial charge in [0, 0.05) is 0 Å². The summed E-state index contributed by atoms with van der Waals surface area (Å²) in [5.74, 6) is 0.736. The average Bonchev–Trinajstić information content (AvgIpc) is 3.14. The minimum atomic E-state index is -1.24. The fourth-order valence-corrected chi connectivity index (χ4v) is 2.93. The van der Waals surface area contributed by atoms with E-state index in [1.54, 1.807) is 0 Å². The van der Waals surface area contributed by atoms with Gasteiger partial charge in [0.15, 0.2) is 23.2 Å². The molecule has 1 fully saturated rings. The van der Waals surface area contributed by atoms with Crippen molar-refractivity contribution in [1.29, 1.82) is 0 Å². The van der Waals surface area contributed by atoms with E-state index >= 15 is 0 Å². The molecule has 10 nitrogen and oxygen atoms in total. The van der Waals surface area contributed by atoms with Crippen LogP contribution in [0.4, 0.5) is 5.82 Å². The van der Waals surface area contributed by atoms with Crippen molar-refractivity contribution in [2.24, 2.45) is 5.92 Å². The topological polar surface area (TPSA) is 149 Å². The number of rotatable bonds is 7. The molecule has 1 aliphatic heterocycles. The summed E-state index contributed by atoms with van der Waals surface area (Å²) in [6.07, 6.45) is -0.998. The molecule has 3 rings (SSSR count). The number of ether oxygens (including phenoxy) is 2. The number of nitrogens with two attached hydrogens (primary N) is 1. The van der Waals surface area contributed by atoms with E-state index in [2.05, 4.69) is 28.8 Å². The van der Waals surface area contributed by atoms with Crippen LogP contribution < -0.4 is 10.5 Å². The standard InChI is InChI=1S/C16H25N5O5/c1-8(2)4-3-5-25-16-19-13(17)10-14(20-16)21(7-18-10)15-12(24)11(23)9(6-22)26-15/h7-9,11-12,15,22-24H,3-6H2,1-2H3,(H2,17,19,20)/t9-,11-,12-,15-/m1/s1. The van der Waals surface area contributed by atoms with Gasteiger partial charge in [0.1, 0.15) is 18.3 Å². The van der Waals surface area contributed by atoms with Crippen molar-refractivity contribution in [2.45, 2.75) is 51.2 Å². The Morgan fingerprint density at radius 2 is 2.08 bits per heavy atom. The summed E-state index contributed by atoms with van der Waals surface area (Å²) in [7, 11) is 0. The molecule has 3 heterocycles. The molecule has 5 N–H and O–H groups in total. The van der Waals surface area contributed by atoms with Gasteiger partial charge in [-0.3, -0.25) is 4.57 Å². The van der Waals surface area contributed by atoms with Crippen molar-refractivity contribution in [2.75, 3.05) is 18.9 Å². The van der Waals surface area contributed by atoms with Gasteiger partial charge in [0.25, 0.3) is 0 Å². The molecule has 0 bridgehead atoms. The lowest BCUT2D eigenvalue weighted by Crippen LogP contribution is -2.33. The fraction of sp³-hybridized carbons (Fsp3) is 0.688. The van der Waals surface area contributed by atoms with Gasteiger partial charge in [0.2, 0.25) is 0 Å². The molecule has 0 amide bonds. The summed E-state index contributed by atoms with van der Waals surface area (Å²) >= 11 is 0. The van der Waals surface area contributed by atoms with E-state index in [9.17, 15) is 15.3 Å². The molecular formula is C16H25N5O5. The molecule has 26 heavy (non-hydrogen) atoms. The lowest BCUT2D eigenvalue weighted by atomic mass is 10.1. The molecule has 0 aliphatic carbocycles. The zero-order chi connectivity index (χ0) is 18.8. The summed E-state index contributed by atoms with van der Waals surface area (Å²) in [4.78, 5) is 12.6. The number of imidazole rings is 1. The Morgan fingerprint density at radius 1 is 1.31 bits per heavy atom. The van der Waals surface area contributed by atoms with E-state index in [0.717, 1.165) is 12.8 Å².